The van der Waals surface area contributed by atoms with E-state index in [-0.39, 0.29) is 5.41 Å². The van der Waals surface area contributed by atoms with Crippen LogP contribution < -0.4 is 11.1 Å². The van der Waals surface area contributed by atoms with Gasteiger partial charge in [-0.15, -0.1) is 0 Å². The summed E-state index contributed by atoms with van der Waals surface area (Å²) in [6, 6.07) is 16.8. The van der Waals surface area contributed by atoms with Gasteiger partial charge >= 0.3 is 0 Å². The number of benzene rings is 2. The summed E-state index contributed by atoms with van der Waals surface area (Å²) < 4.78 is 0. The van der Waals surface area contributed by atoms with Crippen molar-refractivity contribution in [1.82, 2.24) is 5.32 Å². The first kappa shape index (κ1) is 17.3. The van der Waals surface area contributed by atoms with Crippen LogP contribution in [0.4, 0.5) is 5.69 Å². The number of rotatable bonds is 6. The fourth-order valence-electron chi connectivity index (χ4n) is 2.56. The lowest BCUT2D eigenvalue weighted by Crippen LogP contribution is -2.19. The normalized spacial score (nSPS) is 11.4. The summed E-state index contributed by atoms with van der Waals surface area (Å²) in [6.45, 7) is 12.5. The van der Waals surface area contributed by atoms with Crippen molar-refractivity contribution in [2.75, 3.05) is 18.8 Å². The number of hydrogen-bond acceptors (Lipinski definition) is 2. The molecule has 0 bridgehead atoms. The lowest BCUT2D eigenvalue weighted by Gasteiger charge is -2.19. The van der Waals surface area contributed by atoms with E-state index in [1.165, 1.54) is 11.1 Å². The maximum absolute atomic E-state index is 5.98. The van der Waals surface area contributed by atoms with Crippen LogP contribution in [0.5, 0.6) is 0 Å². The average molecular weight is 308 g/mol. The fraction of sp³-hybridized carbons (Fsp3) is 0.333. The maximum Gasteiger partial charge on any atom is 0.0390 e. The molecule has 2 aromatic carbocycles. The number of para-hydroxylation sites is 1. The molecule has 0 saturated heterocycles. The molecular formula is C21H28N2. The van der Waals surface area contributed by atoms with Crippen LogP contribution in [0.3, 0.4) is 0 Å². The highest BCUT2D eigenvalue weighted by molar-refractivity contribution is 5.74. The Hall–Kier alpha value is -2.06. The first-order valence-electron chi connectivity index (χ1n) is 8.21. The Morgan fingerprint density at radius 1 is 1.04 bits per heavy atom. The van der Waals surface area contributed by atoms with E-state index in [9.17, 15) is 0 Å². The Kier molecular flexibility index (Phi) is 5.62. The third kappa shape index (κ3) is 4.97. The lowest BCUT2D eigenvalue weighted by atomic mass is 9.86. The zero-order valence-electron chi connectivity index (χ0n) is 14.5. The Morgan fingerprint density at radius 3 is 2.30 bits per heavy atom. The molecule has 0 spiro atoms. The standard InChI is InChI=1S/C21H28N2/c1-16(19-7-5-6-8-20(19)22)15-23-14-13-17-9-11-18(12-10-17)21(2,3)4/h5-12,23H,1,13-15,22H2,2-4H3. The van der Waals surface area contributed by atoms with E-state index < -0.39 is 0 Å². The van der Waals surface area contributed by atoms with Crippen molar-refractivity contribution in [3.8, 4) is 0 Å². The molecule has 2 nitrogen and oxygen atoms in total. The second-order valence-corrected chi connectivity index (χ2v) is 7.06. The van der Waals surface area contributed by atoms with Crippen molar-refractivity contribution in [3.63, 3.8) is 0 Å². The molecule has 2 rings (SSSR count). The van der Waals surface area contributed by atoms with Crippen LogP contribution in [0.1, 0.15) is 37.5 Å². The van der Waals surface area contributed by atoms with Gasteiger partial charge in [0.05, 0.1) is 0 Å². The van der Waals surface area contributed by atoms with E-state index in [2.05, 4.69) is 56.9 Å². The van der Waals surface area contributed by atoms with Gasteiger partial charge in [0.25, 0.3) is 0 Å². The van der Waals surface area contributed by atoms with Crippen molar-refractivity contribution < 1.29 is 0 Å². The van der Waals surface area contributed by atoms with Crippen molar-refractivity contribution in [1.29, 1.82) is 0 Å². The minimum absolute atomic E-state index is 0.212. The molecule has 0 unspecified atom stereocenters. The van der Waals surface area contributed by atoms with Gasteiger partial charge in [-0.05, 0) is 41.1 Å². The van der Waals surface area contributed by atoms with Gasteiger partial charge < -0.3 is 11.1 Å². The first-order chi connectivity index (χ1) is 10.9. The minimum atomic E-state index is 0.212. The van der Waals surface area contributed by atoms with Gasteiger partial charge in [-0.3, -0.25) is 0 Å². The molecule has 2 heteroatoms. The highest BCUT2D eigenvalue weighted by atomic mass is 14.8. The molecule has 2 aromatic rings. The molecule has 0 atom stereocenters. The van der Waals surface area contributed by atoms with E-state index in [0.717, 1.165) is 36.3 Å². The molecule has 0 aliphatic rings. The summed E-state index contributed by atoms with van der Waals surface area (Å²) in [6.07, 6.45) is 1.02. The number of nitrogen functional groups attached to an aromatic ring is 1. The number of anilines is 1. The zero-order chi connectivity index (χ0) is 16.9. The molecule has 0 radical (unpaired) electrons. The summed E-state index contributed by atoms with van der Waals surface area (Å²) >= 11 is 0. The van der Waals surface area contributed by atoms with Crippen LogP contribution in [0, 0.1) is 0 Å². The number of nitrogens with one attached hydrogen (secondary N) is 1. The van der Waals surface area contributed by atoms with Gasteiger partial charge in [0, 0.05) is 17.8 Å². The van der Waals surface area contributed by atoms with Crippen molar-refractivity contribution in [2.24, 2.45) is 0 Å². The van der Waals surface area contributed by atoms with Crippen LogP contribution in [-0.4, -0.2) is 13.1 Å². The molecule has 0 aliphatic carbocycles. The van der Waals surface area contributed by atoms with Crippen LogP contribution in [-0.2, 0) is 11.8 Å². The van der Waals surface area contributed by atoms with Gasteiger partial charge in [-0.2, -0.15) is 0 Å². The molecule has 0 amide bonds. The predicted molar refractivity (Wildman–Crippen MR) is 102 cm³/mol. The quantitative estimate of drug-likeness (QED) is 0.612. The largest absolute Gasteiger partial charge is 0.398 e. The molecule has 0 aromatic heterocycles. The Bertz CT molecular complexity index is 648. The van der Waals surface area contributed by atoms with Gasteiger partial charge in [0.15, 0.2) is 0 Å². The summed E-state index contributed by atoms with van der Waals surface area (Å²) in [7, 11) is 0. The SMILES string of the molecule is C=C(CNCCc1ccc(C(C)(C)C)cc1)c1ccccc1N. The second kappa shape index (κ2) is 7.47. The summed E-state index contributed by atoms with van der Waals surface area (Å²) in [4.78, 5) is 0. The molecular weight excluding hydrogens is 280 g/mol. The molecule has 122 valence electrons. The highest BCUT2D eigenvalue weighted by Crippen LogP contribution is 2.22. The van der Waals surface area contributed by atoms with E-state index in [4.69, 9.17) is 5.73 Å². The smallest absolute Gasteiger partial charge is 0.0390 e. The van der Waals surface area contributed by atoms with Crippen molar-refractivity contribution in [3.05, 3.63) is 71.8 Å². The maximum atomic E-state index is 5.98. The van der Waals surface area contributed by atoms with E-state index in [0.29, 0.717) is 0 Å². The van der Waals surface area contributed by atoms with Crippen LogP contribution >= 0.6 is 0 Å². The summed E-state index contributed by atoms with van der Waals surface area (Å²) in [5, 5.41) is 3.45. The van der Waals surface area contributed by atoms with E-state index >= 15 is 0 Å². The Morgan fingerprint density at radius 2 is 1.70 bits per heavy atom. The lowest BCUT2D eigenvalue weighted by molar-refractivity contribution is 0.590. The van der Waals surface area contributed by atoms with Gasteiger partial charge in [-0.1, -0.05) is 69.8 Å². The van der Waals surface area contributed by atoms with Crippen molar-refractivity contribution >= 4 is 11.3 Å². The number of hydrogen-bond donors (Lipinski definition) is 2. The van der Waals surface area contributed by atoms with Gasteiger partial charge in [-0.25, -0.2) is 0 Å². The monoisotopic (exact) mass is 308 g/mol. The first-order valence-corrected chi connectivity index (χ1v) is 8.21. The second-order valence-electron chi connectivity index (χ2n) is 7.06. The minimum Gasteiger partial charge on any atom is -0.398 e. The third-order valence-corrected chi connectivity index (χ3v) is 4.09. The fourth-order valence-corrected chi connectivity index (χ4v) is 2.56. The highest BCUT2D eigenvalue weighted by Gasteiger charge is 2.12. The zero-order valence-corrected chi connectivity index (χ0v) is 14.5. The van der Waals surface area contributed by atoms with Gasteiger partial charge in [0.2, 0.25) is 0 Å². The van der Waals surface area contributed by atoms with E-state index in [1.807, 2.05) is 24.3 Å². The third-order valence-electron chi connectivity index (χ3n) is 4.09. The number of nitrogens with two attached hydrogens (primary N) is 1. The van der Waals surface area contributed by atoms with E-state index in [1.54, 1.807) is 0 Å². The molecule has 3 N–H and O–H groups in total. The van der Waals surface area contributed by atoms with Crippen LogP contribution in [0.15, 0.2) is 55.1 Å². The topological polar surface area (TPSA) is 38.0 Å². The van der Waals surface area contributed by atoms with Gasteiger partial charge in [0.1, 0.15) is 0 Å². The van der Waals surface area contributed by atoms with Crippen LogP contribution in [0.25, 0.3) is 5.57 Å². The summed E-state index contributed by atoms with van der Waals surface area (Å²) in [5.74, 6) is 0. The summed E-state index contributed by atoms with van der Waals surface area (Å²) in [5.41, 5.74) is 11.8. The Labute approximate surface area is 140 Å². The molecule has 23 heavy (non-hydrogen) atoms. The van der Waals surface area contributed by atoms with Crippen LogP contribution in [0.2, 0.25) is 0 Å². The molecule has 0 saturated carbocycles. The molecule has 0 heterocycles. The predicted octanol–water partition coefficient (Wildman–Crippen LogP) is 4.41. The molecule has 0 aliphatic heterocycles. The average Bonchev–Trinajstić information content (AvgIpc) is 2.51. The molecule has 0 fully saturated rings. The Balaban J connectivity index is 1.79. The van der Waals surface area contributed by atoms with Crippen molar-refractivity contribution in [2.45, 2.75) is 32.6 Å².